The molecule has 216 valence electrons. The topological polar surface area (TPSA) is 102 Å². The number of ether oxygens (including phenoxy) is 7. The molecule has 0 unspecified atom stereocenters. The number of fused-ring (bicyclic) bond motifs is 3. The van der Waals surface area contributed by atoms with Gasteiger partial charge in [0.25, 0.3) is 0 Å². The van der Waals surface area contributed by atoms with Crippen molar-refractivity contribution in [2.75, 3.05) is 34.7 Å². The van der Waals surface area contributed by atoms with Crippen molar-refractivity contribution in [3.8, 4) is 28.7 Å². The summed E-state index contributed by atoms with van der Waals surface area (Å²) in [7, 11) is 4.55. The fourth-order valence-corrected chi connectivity index (χ4v) is 5.88. The van der Waals surface area contributed by atoms with Crippen LogP contribution in [0.5, 0.6) is 28.7 Å². The highest BCUT2D eigenvalue weighted by Crippen LogP contribution is 2.57. The van der Waals surface area contributed by atoms with Crippen LogP contribution in [0, 0.1) is 0 Å². The van der Waals surface area contributed by atoms with Gasteiger partial charge in [-0.25, -0.2) is 9.59 Å². The number of hydrogen-bond donors (Lipinski definition) is 0. The van der Waals surface area contributed by atoms with Crippen LogP contribution in [0.4, 0.5) is 4.79 Å². The van der Waals surface area contributed by atoms with Gasteiger partial charge in [0.05, 0.1) is 21.3 Å². The maximum absolute atomic E-state index is 13.7. The predicted octanol–water partition coefficient (Wildman–Crippen LogP) is 5.53. The second-order valence-electron chi connectivity index (χ2n) is 11.0. The third kappa shape index (κ3) is 4.53. The van der Waals surface area contributed by atoms with Gasteiger partial charge in [0.1, 0.15) is 17.2 Å². The maximum atomic E-state index is 13.7. The Kier molecular flexibility index (Phi) is 7.37. The standard InChI is InChI=1S/C30H37NO9/c1-8-9-10-17-16-13-14-31(29(33)40-30(2,3)4)22(20(16)26(36-7)27-24(17)37-15-38-27)23-18-11-12-19(34-5)25(35-6)21(18)28(32)39-23/h11-12,22-23H,8-10,13-15H2,1-7H3/t22-,23+/m1/s1. The molecule has 10 heteroatoms. The third-order valence-corrected chi connectivity index (χ3v) is 7.48. The molecule has 3 aliphatic heterocycles. The van der Waals surface area contributed by atoms with Crippen LogP contribution < -0.4 is 23.7 Å². The Hall–Kier alpha value is -3.82. The van der Waals surface area contributed by atoms with Gasteiger partial charge in [-0.2, -0.15) is 0 Å². The van der Waals surface area contributed by atoms with Crippen molar-refractivity contribution in [2.45, 2.75) is 71.1 Å². The molecule has 3 heterocycles. The van der Waals surface area contributed by atoms with Crippen LogP contribution in [0.25, 0.3) is 0 Å². The summed E-state index contributed by atoms with van der Waals surface area (Å²) < 4.78 is 40.7. The minimum atomic E-state index is -0.859. The number of nitrogens with zero attached hydrogens (tertiary/aromatic N) is 1. The first kappa shape index (κ1) is 27.7. The number of rotatable bonds is 7. The number of amides is 1. The van der Waals surface area contributed by atoms with Crippen LogP contribution >= 0.6 is 0 Å². The van der Waals surface area contributed by atoms with Gasteiger partial charge < -0.3 is 33.2 Å². The lowest BCUT2D eigenvalue weighted by Crippen LogP contribution is -2.45. The number of carbonyl (C=O) groups is 2. The quantitative estimate of drug-likeness (QED) is 0.408. The zero-order valence-corrected chi connectivity index (χ0v) is 24.2. The molecule has 1 amide bonds. The van der Waals surface area contributed by atoms with E-state index in [1.165, 1.54) is 14.2 Å². The Bertz CT molecular complexity index is 1330. The molecule has 0 aromatic heterocycles. The minimum absolute atomic E-state index is 0.0758. The van der Waals surface area contributed by atoms with E-state index in [9.17, 15) is 9.59 Å². The van der Waals surface area contributed by atoms with Crippen molar-refractivity contribution in [3.63, 3.8) is 0 Å². The Morgan fingerprint density at radius 2 is 1.77 bits per heavy atom. The van der Waals surface area contributed by atoms with Crippen molar-refractivity contribution >= 4 is 12.1 Å². The summed E-state index contributed by atoms with van der Waals surface area (Å²) >= 11 is 0. The van der Waals surface area contributed by atoms with Gasteiger partial charge >= 0.3 is 12.1 Å². The summed E-state index contributed by atoms with van der Waals surface area (Å²) in [4.78, 5) is 28.7. The molecule has 0 saturated heterocycles. The molecule has 0 spiro atoms. The van der Waals surface area contributed by atoms with E-state index in [4.69, 9.17) is 33.2 Å². The first-order valence-corrected chi connectivity index (χ1v) is 13.6. The zero-order valence-electron chi connectivity index (χ0n) is 24.2. The number of carbonyl (C=O) groups excluding carboxylic acids is 2. The van der Waals surface area contributed by atoms with E-state index in [2.05, 4.69) is 6.92 Å². The molecule has 0 N–H and O–H groups in total. The molecule has 2 aromatic rings. The van der Waals surface area contributed by atoms with Crippen molar-refractivity contribution < 1.29 is 42.7 Å². The van der Waals surface area contributed by atoms with Gasteiger partial charge in [-0.15, -0.1) is 0 Å². The average Bonchev–Trinajstić information content (AvgIpc) is 3.53. The van der Waals surface area contributed by atoms with Gasteiger partial charge in [-0.05, 0) is 51.7 Å². The monoisotopic (exact) mass is 555 g/mol. The van der Waals surface area contributed by atoms with Crippen molar-refractivity contribution in [3.05, 3.63) is 39.9 Å². The molecule has 0 bridgehead atoms. The largest absolute Gasteiger partial charge is 0.493 e. The molecule has 40 heavy (non-hydrogen) atoms. The second-order valence-corrected chi connectivity index (χ2v) is 11.0. The second kappa shape index (κ2) is 10.6. The Labute approximate surface area is 234 Å². The summed E-state index contributed by atoms with van der Waals surface area (Å²) in [5.41, 5.74) is 2.92. The summed E-state index contributed by atoms with van der Waals surface area (Å²) in [6.07, 6.45) is 1.91. The van der Waals surface area contributed by atoms with Crippen LogP contribution in [-0.2, 0) is 22.3 Å². The van der Waals surface area contributed by atoms with E-state index >= 15 is 0 Å². The molecule has 2 atom stereocenters. The fourth-order valence-electron chi connectivity index (χ4n) is 5.88. The third-order valence-electron chi connectivity index (χ3n) is 7.48. The van der Waals surface area contributed by atoms with Gasteiger partial charge in [0, 0.05) is 23.2 Å². The lowest BCUT2D eigenvalue weighted by atomic mass is 9.82. The Morgan fingerprint density at radius 3 is 2.42 bits per heavy atom. The molecule has 5 rings (SSSR count). The van der Waals surface area contributed by atoms with Crippen molar-refractivity contribution in [1.82, 2.24) is 4.90 Å². The zero-order chi connectivity index (χ0) is 28.8. The van der Waals surface area contributed by atoms with Crippen molar-refractivity contribution in [1.29, 1.82) is 0 Å². The van der Waals surface area contributed by atoms with Crippen molar-refractivity contribution in [2.24, 2.45) is 0 Å². The highest BCUT2D eigenvalue weighted by molar-refractivity contribution is 5.98. The lowest BCUT2D eigenvalue weighted by molar-refractivity contribution is -0.0195. The van der Waals surface area contributed by atoms with Crippen LogP contribution in [0.2, 0.25) is 0 Å². The van der Waals surface area contributed by atoms with Gasteiger partial charge in [0.15, 0.2) is 29.1 Å². The fraction of sp³-hybridized carbons (Fsp3) is 0.533. The summed E-state index contributed by atoms with van der Waals surface area (Å²) in [5.74, 6) is 1.79. The van der Waals surface area contributed by atoms with Gasteiger partial charge in [-0.3, -0.25) is 4.90 Å². The lowest BCUT2D eigenvalue weighted by Gasteiger charge is -2.41. The SMILES string of the molecule is CCCCc1c2c(c(OC)c3c1OCO3)[C@H]([C@H]1OC(=O)c3c1ccc(OC)c3OC)N(C(=O)OC(C)(C)C)CC2. The molecular formula is C30H37NO9. The minimum Gasteiger partial charge on any atom is -0.493 e. The van der Waals surface area contributed by atoms with Crippen LogP contribution in [-0.4, -0.2) is 57.2 Å². The van der Waals surface area contributed by atoms with Gasteiger partial charge in [0.2, 0.25) is 12.5 Å². The van der Waals surface area contributed by atoms with E-state index in [-0.39, 0.29) is 18.1 Å². The average molecular weight is 556 g/mol. The Balaban J connectivity index is 1.75. The predicted molar refractivity (Wildman–Crippen MR) is 145 cm³/mol. The number of hydrogen-bond acceptors (Lipinski definition) is 9. The highest BCUT2D eigenvalue weighted by Gasteiger charge is 2.50. The molecule has 0 saturated carbocycles. The molecule has 0 aliphatic carbocycles. The van der Waals surface area contributed by atoms with Gasteiger partial charge in [-0.1, -0.05) is 19.4 Å². The number of cyclic esters (lactones) is 1. The van der Waals surface area contributed by atoms with E-state index < -0.39 is 29.8 Å². The summed E-state index contributed by atoms with van der Waals surface area (Å²) in [6, 6.07) is 2.76. The molecule has 0 fully saturated rings. The summed E-state index contributed by atoms with van der Waals surface area (Å²) in [6.45, 7) is 8.03. The molecule has 3 aliphatic rings. The number of methoxy groups -OCH3 is 3. The molecular weight excluding hydrogens is 518 g/mol. The molecule has 10 nitrogen and oxygen atoms in total. The highest BCUT2D eigenvalue weighted by atomic mass is 16.7. The number of esters is 1. The van der Waals surface area contributed by atoms with E-state index in [1.54, 1.807) is 24.1 Å². The summed E-state index contributed by atoms with van der Waals surface area (Å²) in [5, 5.41) is 0. The maximum Gasteiger partial charge on any atom is 0.410 e. The van der Waals surface area contributed by atoms with E-state index in [0.29, 0.717) is 41.5 Å². The van der Waals surface area contributed by atoms with Crippen LogP contribution in [0.15, 0.2) is 12.1 Å². The molecule has 0 radical (unpaired) electrons. The van der Waals surface area contributed by atoms with Crippen LogP contribution in [0.3, 0.4) is 0 Å². The Morgan fingerprint density at radius 1 is 1.05 bits per heavy atom. The van der Waals surface area contributed by atoms with Crippen LogP contribution in [0.1, 0.15) is 85.3 Å². The number of unbranched alkanes of at least 4 members (excludes halogenated alkanes) is 1. The smallest absolute Gasteiger partial charge is 0.410 e. The number of benzene rings is 2. The molecule has 2 aromatic carbocycles. The van der Waals surface area contributed by atoms with E-state index in [1.807, 2.05) is 20.8 Å². The normalized spacial score (nSPS) is 19.1. The van der Waals surface area contributed by atoms with E-state index in [0.717, 1.165) is 36.0 Å². The first-order valence-electron chi connectivity index (χ1n) is 13.6. The first-order chi connectivity index (χ1) is 19.1.